The Balaban J connectivity index is 1.75. The molecule has 3 unspecified atom stereocenters. The summed E-state index contributed by atoms with van der Waals surface area (Å²) in [5.41, 5.74) is 1.51. The van der Waals surface area contributed by atoms with Crippen LogP contribution in [-0.2, 0) is 11.2 Å². The predicted molar refractivity (Wildman–Crippen MR) is 77.9 cm³/mol. The second kappa shape index (κ2) is 4.19. The molecule has 0 heterocycles. The Bertz CT molecular complexity index is 488. The van der Waals surface area contributed by atoms with Gasteiger partial charge < -0.3 is 0 Å². The zero-order valence-corrected chi connectivity index (χ0v) is 12.3. The summed E-state index contributed by atoms with van der Waals surface area (Å²) in [6.45, 7) is 6.83. The number of carbonyl (C=O) groups is 1. The maximum absolute atomic E-state index is 12.7. The zero-order valence-electron chi connectivity index (χ0n) is 12.3. The van der Waals surface area contributed by atoms with E-state index in [1.165, 1.54) is 12.0 Å². The maximum Gasteiger partial charge on any atom is 0.142 e. The average molecular weight is 256 g/mol. The molecule has 2 aliphatic rings. The minimum Gasteiger partial charge on any atom is -0.299 e. The molecule has 0 spiro atoms. The molecular formula is C18H24O. The van der Waals surface area contributed by atoms with Crippen molar-refractivity contribution < 1.29 is 4.79 Å². The molecule has 19 heavy (non-hydrogen) atoms. The van der Waals surface area contributed by atoms with Gasteiger partial charge in [-0.15, -0.1) is 0 Å². The lowest BCUT2D eigenvalue weighted by molar-refractivity contribution is -0.131. The van der Waals surface area contributed by atoms with E-state index in [2.05, 4.69) is 51.1 Å². The maximum atomic E-state index is 12.7. The van der Waals surface area contributed by atoms with Crippen LogP contribution in [0.2, 0.25) is 0 Å². The SMILES string of the molecule is CC12CCC(C(CCc3ccccc3)C1=O)C2(C)C. The van der Waals surface area contributed by atoms with Crippen molar-refractivity contribution in [3.05, 3.63) is 35.9 Å². The first-order valence-corrected chi connectivity index (χ1v) is 7.55. The van der Waals surface area contributed by atoms with E-state index in [1.54, 1.807) is 0 Å². The number of ketones is 1. The molecule has 2 saturated carbocycles. The fourth-order valence-electron chi connectivity index (χ4n) is 4.57. The monoisotopic (exact) mass is 256 g/mol. The van der Waals surface area contributed by atoms with Crippen LogP contribution < -0.4 is 0 Å². The van der Waals surface area contributed by atoms with Gasteiger partial charge in [-0.05, 0) is 42.6 Å². The molecule has 3 rings (SSSR count). The highest BCUT2D eigenvalue weighted by Crippen LogP contribution is 2.66. The molecule has 0 N–H and O–H groups in total. The summed E-state index contributed by atoms with van der Waals surface area (Å²) >= 11 is 0. The standard InChI is InChI=1S/C18H24O/c1-17(2)15-11-12-18(17,3)16(19)14(15)10-9-13-7-5-4-6-8-13/h4-8,14-15H,9-12H2,1-3H3. The Hall–Kier alpha value is -1.11. The molecule has 3 atom stereocenters. The second-order valence-electron chi connectivity index (χ2n) is 7.19. The molecule has 0 amide bonds. The van der Waals surface area contributed by atoms with E-state index < -0.39 is 0 Å². The van der Waals surface area contributed by atoms with Gasteiger partial charge in [0, 0.05) is 11.3 Å². The van der Waals surface area contributed by atoms with Crippen molar-refractivity contribution in [3.63, 3.8) is 0 Å². The molecule has 1 aromatic rings. The number of rotatable bonds is 3. The lowest BCUT2D eigenvalue weighted by atomic mass is 9.70. The van der Waals surface area contributed by atoms with Crippen LogP contribution in [0.25, 0.3) is 0 Å². The Labute approximate surface area is 116 Å². The van der Waals surface area contributed by atoms with Crippen LogP contribution in [0.5, 0.6) is 0 Å². The van der Waals surface area contributed by atoms with E-state index in [-0.39, 0.29) is 10.8 Å². The lowest BCUT2D eigenvalue weighted by Gasteiger charge is -2.32. The summed E-state index contributed by atoms with van der Waals surface area (Å²) in [6, 6.07) is 10.6. The molecule has 0 aromatic heterocycles. The topological polar surface area (TPSA) is 17.1 Å². The van der Waals surface area contributed by atoms with Gasteiger partial charge in [0.2, 0.25) is 0 Å². The van der Waals surface area contributed by atoms with Gasteiger partial charge >= 0.3 is 0 Å². The van der Waals surface area contributed by atoms with Crippen molar-refractivity contribution in [1.29, 1.82) is 0 Å². The average Bonchev–Trinajstić information content (AvgIpc) is 2.70. The van der Waals surface area contributed by atoms with E-state index in [1.807, 2.05) is 0 Å². The molecule has 0 aliphatic heterocycles. The number of carbonyl (C=O) groups excluding carboxylic acids is 1. The van der Waals surface area contributed by atoms with Gasteiger partial charge in [0.05, 0.1) is 0 Å². The Morgan fingerprint density at radius 1 is 1.16 bits per heavy atom. The normalized spacial score (nSPS) is 35.8. The fourth-order valence-corrected chi connectivity index (χ4v) is 4.57. The van der Waals surface area contributed by atoms with Gasteiger partial charge in [-0.25, -0.2) is 0 Å². The van der Waals surface area contributed by atoms with E-state index in [4.69, 9.17) is 0 Å². The first-order valence-electron chi connectivity index (χ1n) is 7.55. The number of benzene rings is 1. The highest BCUT2D eigenvalue weighted by molar-refractivity contribution is 5.91. The van der Waals surface area contributed by atoms with Crippen molar-refractivity contribution >= 4 is 5.78 Å². The quantitative estimate of drug-likeness (QED) is 0.789. The minimum atomic E-state index is -0.0565. The second-order valence-corrected chi connectivity index (χ2v) is 7.19. The first-order chi connectivity index (χ1) is 8.97. The molecule has 0 radical (unpaired) electrons. The summed E-state index contributed by atoms with van der Waals surface area (Å²) < 4.78 is 0. The van der Waals surface area contributed by atoms with Gasteiger partial charge in [0.1, 0.15) is 5.78 Å². The van der Waals surface area contributed by atoms with Gasteiger partial charge in [0.25, 0.3) is 0 Å². The molecule has 1 heteroatoms. The van der Waals surface area contributed by atoms with E-state index in [0.29, 0.717) is 17.6 Å². The third-order valence-corrected chi connectivity index (χ3v) is 6.26. The number of hydrogen-bond donors (Lipinski definition) is 0. The molecule has 1 aromatic carbocycles. The molecular weight excluding hydrogens is 232 g/mol. The molecule has 102 valence electrons. The Kier molecular flexibility index (Phi) is 2.85. The number of hydrogen-bond acceptors (Lipinski definition) is 1. The molecule has 0 saturated heterocycles. The summed E-state index contributed by atoms with van der Waals surface area (Å²) in [5, 5.41) is 0. The molecule has 2 fully saturated rings. The van der Waals surface area contributed by atoms with Crippen LogP contribution in [0, 0.1) is 22.7 Å². The summed E-state index contributed by atoms with van der Waals surface area (Å²) in [6.07, 6.45) is 4.42. The third-order valence-electron chi connectivity index (χ3n) is 6.26. The van der Waals surface area contributed by atoms with Gasteiger partial charge in [-0.1, -0.05) is 51.1 Å². The third kappa shape index (κ3) is 1.70. The van der Waals surface area contributed by atoms with Gasteiger partial charge in [-0.2, -0.15) is 0 Å². The first kappa shape index (κ1) is 12.9. The zero-order chi connectivity index (χ0) is 13.7. The van der Waals surface area contributed by atoms with E-state index in [0.717, 1.165) is 19.3 Å². The van der Waals surface area contributed by atoms with Gasteiger partial charge in [0.15, 0.2) is 0 Å². The van der Waals surface area contributed by atoms with Crippen LogP contribution >= 0.6 is 0 Å². The Morgan fingerprint density at radius 2 is 1.84 bits per heavy atom. The predicted octanol–water partition coefficient (Wildman–Crippen LogP) is 4.26. The van der Waals surface area contributed by atoms with Crippen molar-refractivity contribution in [3.8, 4) is 0 Å². The minimum absolute atomic E-state index is 0.0565. The van der Waals surface area contributed by atoms with Crippen LogP contribution in [0.3, 0.4) is 0 Å². The highest BCUT2D eigenvalue weighted by Gasteiger charge is 2.65. The largest absolute Gasteiger partial charge is 0.299 e. The van der Waals surface area contributed by atoms with Crippen molar-refractivity contribution in [2.24, 2.45) is 22.7 Å². The van der Waals surface area contributed by atoms with Crippen molar-refractivity contribution in [1.82, 2.24) is 0 Å². The summed E-state index contributed by atoms with van der Waals surface area (Å²) in [5.74, 6) is 1.45. The molecule has 1 nitrogen and oxygen atoms in total. The number of aryl methyl sites for hydroxylation is 1. The van der Waals surface area contributed by atoms with Crippen LogP contribution in [0.1, 0.15) is 45.6 Å². The summed E-state index contributed by atoms with van der Waals surface area (Å²) in [7, 11) is 0. The van der Waals surface area contributed by atoms with Crippen molar-refractivity contribution in [2.45, 2.75) is 46.5 Å². The highest BCUT2D eigenvalue weighted by atomic mass is 16.1. The van der Waals surface area contributed by atoms with Gasteiger partial charge in [-0.3, -0.25) is 4.79 Å². The number of fused-ring (bicyclic) bond motifs is 2. The number of Topliss-reactive ketones (excluding diaryl/α,β-unsaturated/α-hetero) is 1. The molecule has 2 aliphatic carbocycles. The van der Waals surface area contributed by atoms with E-state index >= 15 is 0 Å². The molecule has 2 bridgehead atoms. The van der Waals surface area contributed by atoms with Crippen LogP contribution in [0.4, 0.5) is 0 Å². The smallest absolute Gasteiger partial charge is 0.142 e. The lowest BCUT2D eigenvalue weighted by Crippen LogP contribution is -2.33. The summed E-state index contributed by atoms with van der Waals surface area (Å²) in [4.78, 5) is 12.7. The van der Waals surface area contributed by atoms with Crippen LogP contribution in [-0.4, -0.2) is 5.78 Å². The van der Waals surface area contributed by atoms with Crippen LogP contribution in [0.15, 0.2) is 30.3 Å². The van der Waals surface area contributed by atoms with E-state index in [9.17, 15) is 4.79 Å². The fraction of sp³-hybridized carbons (Fsp3) is 0.611. The van der Waals surface area contributed by atoms with Crippen molar-refractivity contribution in [2.75, 3.05) is 0 Å². The Morgan fingerprint density at radius 3 is 2.42 bits per heavy atom.